The van der Waals surface area contributed by atoms with Crippen molar-refractivity contribution in [2.45, 2.75) is 19.9 Å². The number of nitrogens with one attached hydrogen (secondary N) is 1. The second-order valence-corrected chi connectivity index (χ2v) is 4.23. The first-order valence-corrected chi connectivity index (χ1v) is 6.09. The Bertz CT molecular complexity index is 480. The second-order valence-electron chi connectivity index (χ2n) is 3.85. The van der Waals surface area contributed by atoms with Crippen LogP contribution < -0.4 is 5.32 Å². The third-order valence-electron chi connectivity index (χ3n) is 2.71. The monoisotopic (exact) mass is 246 g/mol. The minimum Gasteiger partial charge on any atom is -0.380 e. The molecule has 3 heteroatoms. The Morgan fingerprint density at radius 2 is 1.88 bits per heavy atom. The lowest BCUT2D eigenvalue weighted by atomic mass is 10.1. The van der Waals surface area contributed by atoms with E-state index in [1.807, 2.05) is 6.07 Å². The predicted molar refractivity (Wildman–Crippen MR) is 72.4 cm³/mol. The molecule has 0 spiro atoms. The van der Waals surface area contributed by atoms with E-state index in [4.69, 9.17) is 11.6 Å². The number of pyridine rings is 1. The molecule has 1 N–H and O–H groups in total. The van der Waals surface area contributed by atoms with Gasteiger partial charge in [-0.1, -0.05) is 42.8 Å². The van der Waals surface area contributed by atoms with E-state index in [1.54, 1.807) is 12.3 Å². The van der Waals surface area contributed by atoms with Gasteiger partial charge in [-0.25, -0.2) is 4.98 Å². The predicted octanol–water partition coefficient (Wildman–Crippen LogP) is 3.91. The van der Waals surface area contributed by atoms with Crippen molar-refractivity contribution in [2.24, 2.45) is 0 Å². The van der Waals surface area contributed by atoms with E-state index in [1.165, 1.54) is 11.1 Å². The smallest absolute Gasteiger partial charge is 0.129 e. The van der Waals surface area contributed by atoms with Crippen LogP contribution in [0.4, 0.5) is 5.69 Å². The third-order valence-corrected chi connectivity index (χ3v) is 2.93. The van der Waals surface area contributed by atoms with Gasteiger partial charge in [0.05, 0.1) is 11.9 Å². The number of aryl methyl sites for hydroxylation is 1. The average molecular weight is 247 g/mol. The summed E-state index contributed by atoms with van der Waals surface area (Å²) in [4.78, 5) is 4.04. The zero-order chi connectivity index (χ0) is 12.1. The minimum atomic E-state index is 0.518. The number of rotatable bonds is 4. The van der Waals surface area contributed by atoms with Crippen LogP contribution in [0.15, 0.2) is 42.6 Å². The summed E-state index contributed by atoms with van der Waals surface area (Å²) in [5, 5.41) is 3.86. The lowest BCUT2D eigenvalue weighted by Gasteiger charge is -2.09. The largest absolute Gasteiger partial charge is 0.380 e. The maximum Gasteiger partial charge on any atom is 0.129 e. The molecule has 1 heterocycles. The summed E-state index contributed by atoms with van der Waals surface area (Å²) in [6.07, 6.45) is 2.80. The summed E-state index contributed by atoms with van der Waals surface area (Å²) < 4.78 is 0. The molecule has 0 atom stereocenters. The molecule has 0 aliphatic rings. The Morgan fingerprint density at radius 1 is 1.12 bits per heavy atom. The summed E-state index contributed by atoms with van der Waals surface area (Å²) in [5.41, 5.74) is 3.69. The molecular weight excluding hydrogens is 232 g/mol. The van der Waals surface area contributed by atoms with Crippen LogP contribution in [-0.4, -0.2) is 4.98 Å². The van der Waals surface area contributed by atoms with Gasteiger partial charge in [0.15, 0.2) is 0 Å². The molecule has 2 rings (SSSR count). The molecule has 0 unspecified atom stereocenters. The topological polar surface area (TPSA) is 24.9 Å². The van der Waals surface area contributed by atoms with Gasteiger partial charge >= 0.3 is 0 Å². The van der Waals surface area contributed by atoms with Crippen molar-refractivity contribution >= 4 is 17.3 Å². The number of nitrogens with zero attached hydrogens (tertiary/aromatic N) is 1. The Labute approximate surface area is 107 Å². The van der Waals surface area contributed by atoms with Gasteiger partial charge in [-0.2, -0.15) is 0 Å². The first kappa shape index (κ1) is 11.9. The molecule has 1 aromatic heterocycles. The zero-order valence-corrected chi connectivity index (χ0v) is 10.5. The quantitative estimate of drug-likeness (QED) is 0.828. The van der Waals surface area contributed by atoms with Gasteiger partial charge in [0.2, 0.25) is 0 Å². The van der Waals surface area contributed by atoms with Gasteiger partial charge in [-0.05, 0) is 29.7 Å². The number of halogens is 1. The summed E-state index contributed by atoms with van der Waals surface area (Å²) in [6, 6.07) is 12.2. The van der Waals surface area contributed by atoms with E-state index < -0.39 is 0 Å². The number of hydrogen-bond acceptors (Lipinski definition) is 2. The first-order valence-electron chi connectivity index (χ1n) is 5.72. The highest BCUT2D eigenvalue weighted by atomic mass is 35.5. The molecule has 0 bridgehead atoms. The fraction of sp³-hybridized carbons (Fsp3) is 0.214. The maximum atomic E-state index is 5.74. The average Bonchev–Trinajstić information content (AvgIpc) is 2.38. The molecule has 0 radical (unpaired) electrons. The highest BCUT2D eigenvalue weighted by Gasteiger charge is 1.99. The highest BCUT2D eigenvalue weighted by molar-refractivity contribution is 6.29. The molecule has 0 aliphatic carbocycles. The maximum absolute atomic E-state index is 5.74. The van der Waals surface area contributed by atoms with Crippen LogP contribution in [-0.2, 0) is 13.0 Å². The molecular formula is C14H15ClN2. The molecule has 2 aromatic rings. The van der Waals surface area contributed by atoms with Gasteiger partial charge in [0, 0.05) is 6.54 Å². The molecule has 0 fully saturated rings. The van der Waals surface area contributed by atoms with E-state index in [0.29, 0.717) is 5.15 Å². The van der Waals surface area contributed by atoms with Crippen LogP contribution in [0.2, 0.25) is 5.15 Å². The van der Waals surface area contributed by atoms with Crippen molar-refractivity contribution in [1.29, 1.82) is 0 Å². The summed E-state index contributed by atoms with van der Waals surface area (Å²) in [6.45, 7) is 2.98. The van der Waals surface area contributed by atoms with Gasteiger partial charge in [0.1, 0.15) is 5.15 Å². The molecule has 0 aliphatic heterocycles. The van der Waals surface area contributed by atoms with E-state index in [9.17, 15) is 0 Å². The number of anilines is 1. The van der Waals surface area contributed by atoms with Crippen molar-refractivity contribution in [3.8, 4) is 0 Å². The van der Waals surface area contributed by atoms with E-state index in [2.05, 4.69) is 41.5 Å². The summed E-state index contributed by atoms with van der Waals surface area (Å²) >= 11 is 5.74. The fourth-order valence-electron chi connectivity index (χ4n) is 1.75. The SMILES string of the molecule is CCc1ccccc1CNc1ccc(Cl)nc1. The highest BCUT2D eigenvalue weighted by Crippen LogP contribution is 2.14. The number of aromatic nitrogens is 1. The Kier molecular flexibility index (Phi) is 3.99. The molecule has 0 saturated heterocycles. The van der Waals surface area contributed by atoms with Crippen molar-refractivity contribution in [3.63, 3.8) is 0 Å². The number of hydrogen-bond donors (Lipinski definition) is 1. The minimum absolute atomic E-state index is 0.518. The number of benzene rings is 1. The van der Waals surface area contributed by atoms with Crippen molar-refractivity contribution in [2.75, 3.05) is 5.32 Å². The fourth-order valence-corrected chi connectivity index (χ4v) is 1.86. The van der Waals surface area contributed by atoms with Crippen molar-refractivity contribution in [1.82, 2.24) is 4.98 Å². The van der Waals surface area contributed by atoms with Crippen LogP contribution in [0.5, 0.6) is 0 Å². The van der Waals surface area contributed by atoms with Crippen LogP contribution in [0.3, 0.4) is 0 Å². The van der Waals surface area contributed by atoms with Crippen LogP contribution in [0, 0.1) is 0 Å². The van der Waals surface area contributed by atoms with E-state index in [-0.39, 0.29) is 0 Å². The lowest BCUT2D eigenvalue weighted by molar-refractivity contribution is 1.04. The third kappa shape index (κ3) is 3.21. The molecule has 88 valence electrons. The van der Waals surface area contributed by atoms with E-state index >= 15 is 0 Å². The van der Waals surface area contributed by atoms with Gasteiger partial charge in [-0.15, -0.1) is 0 Å². The standard InChI is InChI=1S/C14H15ClN2/c1-2-11-5-3-4-6-12(11)9-16-13-7-8-14(15)17-10-13/h3-8,10,16H,2,9H2,1H3. The van der Waals surface area contributed by atoms with E-state index in [0.717, 1.165) is 18.7 Å². The molecule has 17 heavy (non-hydrogen) atoms. The molecule has 0 saturated carbocycles. The van der Waals surface area contributed by atoms with Gasteiger partial charge < -0.3 is 5.32 Å². The second kappa shape index (κ2) is 5.69. The van der Waals surface area contributed by atoms with Crippen LogP contribution in [0.1, 0.15) is 18.1 Å². The van der Waals surface area contributed by atoms with Crippen LogP contribution >= 0.6 is 11.6 Å². The van der Waals surface area contributed by atoms with Gasteiger partial charge in [0.25, 0.3) is 0 Å². The molecule has 2 nitrogen and oxygen atoms in total. The summed E-state index contributed by atoms with van der Waals surface area (Å²) in [7, 11) is 0. The normalized spacial score (nSPS) is 10.2. The first-order chi connectivity index (χ1) is 8.29. The zero-order valence-electron chi connectivity index (χ0n) is 9.78. The summed E-state index contributed by atoms with van der Waals surface area (Å²) in [5.74, 6) is 0. The Balaban J connectivity index is 2.04. The molecule has 0 amide bonds. The Hall–Kier alpha value is -1.54. The van der Waals surface area contributed by atoms with Crippen LogP contribution in [0.25, 0.3) is 0 Å². The Morgan fingerprint density at radius 3 is 2.53 bits per heavy atom. The molecule has 1 aromatic carbocycles. The van der Waals surface area contributed by atoms with Gasteiger partial charge in [-0.3, -0.25) is 0 Å². The van der Waals surface area contributed by atoms with Crippen molar-refractivity contribution in [3.05, 3.63) is 58.9 Å². The lowest BCUT2D eigenvalue weighted by Crippen LogP contribution is -2.02. The van der Waals surface area contributed by atoms with Crippen molar-refractivity contribution < 1.29 is 0 Å².